The van der Waals surface area contributed by atoms with Crippen molar-refractivity contribution in [3.63, 3.8) is 0 Å². The molecule has 1 aliphatic rings. The van der Waals surface area contributed by atoms with Crippen LogP contribution in [0.15, 0.2) is 0 Å². The van der Waals surface area contributed by atoms with E-state index in [2.05, 4.69) is 18.7 Å². The van der Waals surface area contributed by atoms with E-state index < -0.39 is 0 Å². The average molecular weight is 186 g/mol. The number of likely N-dealkylation sites (tertiary alicyclic amines) is 1. The number of hydrogen-bond donors (Lipinski definition) is 1. The summed E-state index contributed by atoms with van der Waals surface area (Å²) < 4.78 is 5.36. The van der Waals surface area contributed by atoms with Crippen LogP contribution < -0.4 is 5.73 Å². The van der Waals surface area contributed by atoms with Gasteiger partial charge in [-0.1, -0.05) is 6.92 Å². The van der Waals surface area contributed by atoms with Gasteiger partial charge in [-0.2, -0.15) is 0 Å². The van der Waals surface area contributed by atoms with Gasteiger partial charge >= 0.3 is 0 Å². The van der Waals surface area contributed by atoms with Crippen LogP contribution in [0.5, 0.6) is 0 Å². The van der Waals surface area contributed by atoms with Crippen LogP contribution >= 0.6 is 0 Å². The van der Waals surface area contributed by atoms with Gasteiger partial charge in [-0.15, -0.1) is 0 Å². The quantitative estimate of drug-likeness (QED) is 0.642. The Bertz CT molecular complexity index is 141. The maximum absolute atomic E-state index is 5.36. The van der Waals surface area contributed by atoms with Gasteiger partial charge in [0.25, 0.3) is 0 Å². The van der Waals surface area contributed by atoms with E-state index >= 15 is 0 Å². The molecule has 1 aliphatic heterocycles. The van der Waals surface area contributed by atoms with Gasteiger partial charge in [0, 0.05) is 25.7 Å². The molecule has 0 aromatic carbocycles. The van der Waals surface area contributed by atoms with Gasteiger partial charge in [0.05, 0.1) is 13.2 Å². The van der Waals surface area contributed by atoms with Crippen LogP contribution in [0.2, 0.25) is 0 Å². The summed E-state index contributed by atoms with van der Waals surface area (Å²) in [4.78, 5) is 2.50. The molecule has 0 aliphatic carbocycles. The predicted molar refractivity (Wildman–Crippen MR) is 54.7 cm³/mol. The second-order valence-corrected chi connectivity index (χ2v) is 4.09. The first-order valence-corrected chi connectivity index (χ1v) is 5.26. The Morgan fingerprint density at radius 3 is 2.69 bits per heavy atom. The van der Waals surface area contributed by atoms with Gasteiger partial charge in [-0.05, 0) is 19.3 Å². The largest absolute Gasteiger partial charge is 0.379 e. The number of ether oxygens (including phenoxy) is 1. The zero-order chi connectivity index (χ0) is 9.68. The standard InChI is InChI=1S/C10H22N2O/c1-9-7-10(2)12(8-9)4-6-13-5-3-11/h9-10H,3-8,11H2,1-2H3. The minimum absolute atomic E-state index is 0.631. The summed E-state index contributed by atoms with van der Waals surface area (Å²) in [6, 6.07) is 0.733. The predicted octanol–water partition coefficient (Wildman–Crippen LogP) is 0.692. The van der Waals surface area contributed by atoms with Crippen LogP contribution in [-0.4, -0.2) is 43.8 Å². The first-order valence-electron chi connectivity index (χ1n) is 5.26. The van der Waals surface area contributed by atoms with Crippen molar-refractivity contribution in [2.45, 2.75) is 26.3 Å². The summed E-state index contributed by atoms with van der Waals surface area (Å²) >= 11 is 0. The molecule has 0 spiro atoms. The third-order valence-corrected chi connectivity index (χ3v) is 2.70. The third-order valence-electron chi connectivity index (χ3n) is 2.70. The van der Waals surface area contributed by atoms with Gasteiger partial charge in [0.15, 0.2) is 0 Å². The maximum Gasteiger partial charge on any atom is 0.0594 e. The van der Waals surface area contributed by atoms with E-state index in [9.17, 15) is 0 Å². The van der Waals surface area contributed by atoms with Crippen molar-refractivity contribution in [1.82, 2.24) is 4.90 Å². The average Bonchev–Trinajstić information content (AvgIpc) is 2.39. The third kappa shape index (κ3) is 3.63. The fraction of sp³-hybridized carbons (Fsp3) is 1.00. The van der Waals surface area contributed by atoms with Crippen LogP contribution in [-0.2, 0) is 4.74 Å². The number of rotatable bonds is 5. The molecule has 2 N–H and O–H groups in total. The summed E-state index contributed by atoms with van der Waals surface area (Å²) in [5, 5.41) is 0. The van der Waals surface area contributed by atoms with Crippen molar-refractivity contribution in [2.24, 2.45) is 11.7 Å². The lowest BCUT2D eigenvalue weighted by atomic mass is 10.1. The van der Waals surface area contributed by atoms with Gasteiger partial charge in [0.1, 0.15) is 0 Å². The van der Waals surface area contributed by atoms with E-state index in [1.54, 1.807) is 0 Å². The van der Waals surface area contributed by atoms with Crippen molar-refractivity contribution in [2.75, 3.05) is 32.8 Å². The SMILES string of the molecule is CC1CC(C)N(CCOCCN)C1. The lowest BCUT2D eigenvalue weighted by molar-refractivity contribution is 0.106. The van der Waals surface area contributed by atoms with Crippen LogP contribution in [0, 0.1) is 5.92 Å². The van der Waals surface area contributed by atoms with E-state index in [0.717, 1.165) is 25.1 Å². The Balaban J connectivity index is 2.07. The first kappa shape index (κ1) is 11.0. The topological polar surface area (TPSA) is 38.5 Å². The lowest BCUT2D eigenvalue weighted by Crippen LogP contribution is -2.31. The van der Waals surface area contributed by atoms with Crippen LogP contribution in [0.3, 0.4) is 0 Å². The highest BCUT2D eigenvalue weighted by molar-refractivity contribution is 4.79. The maximum atomic E-state index is 5.36. The normalized spacial score (nSPS) is 29.8. The van der Waals surface area contributed by atoms with Crippen LogP contribution in [0.25, 0.3) is 0 Å². The molecule has 0 bridgehead atoms. The fourth-order valence-corrected chi connectivity index (χ4v) is 2.07. The summed E-state index contributed by atoms with van der Waals surface area (Å²) in [7, 11) is 0. The van der Waals surface area contributed by atoms with E-state index in [1.807, 2.05) is 0 Å². The fourth-order valence-electron chi connectivity index (χ4n) is 2.07. The van der Waals surface area contributed by atoms with Crippen molar-refractivity contribution in [1.29, 1.82) is 0 Å². The van der Waals surface area contributed by atoms with Gasteiger partial charge in [-0.3, -0.25) is 4.90 Å². The Kier molecular flexibility index (Phi) is 4.70. The van der Waals surface area contributed by atoms with Crippen molar-refractivity contribution >= 4 is 0 Å². The molecule has 13 heavy (non-hydrogen) atoms. The van der Waals surface area contributed by atoms with Gasteiger partial charge in [-0.25, -0.2) is 0 Å². The summed E-state index contributed by atoms with van der Waals surface area (Å²) in [6.45, 7) is 9.06. The van der Waals surface area contributed by atoms with E-state index in [-0.39, 0.29) is 0 Å². The Morgan fingerprint density at radius 2 is 2.15 bits per heavy atom. The van der Waals surface area contributed by atoms with E-state index in [0.29, 0.717) is 13.2 Å². The molecule has 3 nitrogen and oxygen atoms in total. The Hall–Kier alpha value is -0.120. The van der Waals surface area contributed by atoms with Crippen LogP contribution in [0.4, 0.5) is 0 Å². The molecule has 0 amide bonds. The zero-order valence-electron chi connectivity index (χ0n) is 8.83. The van der Waals surface area contributed by atoms with E-state index in [4.69, 9.17) is 10.5 Å². The highest BCUT2D eigenvalue weighted by Gasteiger charge is 2.25. The molecule has 1 saturated heterocycles. The molecular formula is C10H22N2O. The molecule has 1 fully saturated rings. The Labute approximate surface area is 81.2 Å². The second-order valence-electron chi connectivity index (χ2n) is 4.09. The zero-order valence-corrected chi connectivity index (χ0v) is 8.83. The lowest BCUT2D eigenvalue weighted by Gasteiger charge is -2.20. The summed E-state index contributed by atoms with van der Waals surface area (Å²) in [6.07, 6.45) is 1.33. The summed E-state index contributed by atoms with van der Waals surface area (Å²) in [5.74, 6) is 0.851. The number of nitrogens with two attached hydrogens (primary N) is 1. The van der Waals surface area contributed by atoms with Gasteiger partial charge in [0.2, 0.25) is 0 Å². The smallest absolute Gasteiger partial charge is 0.0594 e. The Morgan fingerprint density at radius 1 is 1.38 bits per heavy atom. The minimum atomic E-state index is 0.631. The first-order chi connectivity index (χ1) is 6.24. The molecular weight excluding hydrogens is 164 g/mol. The molecule has 0 radical (unpaired) electrons. The molecule has 78 valence electrons. The summed E-state index contributed by atoms with van der Waals surface area (Å²) in [5.41, 5.74) is 5.33. The number of hydrogen-bond acceptors (Lipinski definition) is 3. The monoisotopic (exact) mass is 186 g/mol. The van der Waals surface area contributed by atoms with Crippen molar-refractivity contribution < 1.29 is 4.74 Å². The van der Waals surface area contributed by atoms with Crippen LogP contribution in [0.1, 0.15) is 20.3 Å². The van der Waals surface area contributed by atoms with E-state index in [1.165, 1.54) is 13.0 Å². The molecule has 2 atom stereocenters. The molecule has 1 rings (SSSR count). The second kappa shape index (κ2) is 5.58. The molecule has 2 unspecified atom stereocenters. The highest BCUT2D eigenvalue weighted by atomic mass is 16.5. The van der Waals surface area contributed by atoms with Crippen molar-refractivity contribution in [3.8, 4) is 0 Å². The minimum Gasteiger partial charge on any atom is -0.379 e. The highest BCUT2D eigenvalue weighted by Crippen LogP contribution is 2.21. The van der Waals surface area contributed by atoms with Gasteiger partial charge < -0.3 is 10.5 Å². The molecule has 1 heterocycles. The molecule has 0 aromatic rings. The molecule has 3 heteroatoms. The molecule has 0 aromatic heterocycles. The number of nitrogens with zero attached hydrogens (tertiary/aromatic N) is 1. The van der Waals surface area contributed by atoms with Crippen molar-refractivity contribution in [3.05, 3.63) is 0 Å². The molecule has 0 saturated carbocycles.